The van der Waals surface area contributed by atoms with Gasteiger partial charge in [-0.15, -0.1) is 0 Å². The predicted octanol–water partition coefficient (Wildman–Crippen LogP) is 1.91. The molecule has 3 nitrogen and oxygen atoms in total. The fourth-order valence-corrected chi connectivity index (χ4v) is 0.936. The first kappa shape index (κ1) is 9.40. The number of rotatable bonds is 2. The van der Waals surface area contributed by atoms with Gasteiger partial charge in [-0.1, -0.05) is 0 Å². The molecule has 0 aliphatic rings. The van der Waals surface area contributed by atoms with E-state index in [1.165, 1.54) is 13.1 Å². The van der Waals surface area contributed by atoms with E-state index in [0.29, 0.717) is 11.3 Å². The Morgan fingerprint density at radius 3 is 2.69 bits per heavy atom. The Morgan fingerprint density at radius 2 is 2.31 bits per heavy atom. The molecule has 1 atom stereocenters. The van der Waals surface area contributed by atoms with Crippen LogP contribution in [0, 0.1) is 11.3 Å². The molecule has 0 saturated heterocycles. The molecule has 0 N–H and O–H groups in total. The highest BCUT2D eigenvalue weighted by Crippen LogP contribution is 2.11. The number of nitriles is 1. The third kappa shape index (κ3) is 2.12. The molecule has 0 aliphatic carbocycles. The van der Waals surface area contributed by atoms with Crippen LogP contribution in [0.4, 0.5) is 0 Å². The minimum atomic E-state index is -0.221. The molecule has 1 aromatic heterocycles. The van der Waals surface area contributed by atoms with Crippen molar-refractivity contribution >= 4 is 5.78 Å². The fourth-order valence-electron chi connectivity index (χ4n) is 0.936. The molecule has 0 amide bonds. The summed E-state index contributed by atoms with van der Waals surface area (Å²) in [6, 6.07) is 5.49. The minimum Gasteiger partial charge on any atom is -0.294 e. The summed E-state index contributed by atoms with van der Waals surface area (Å²) in [7, 11) is 0. The second-order valence-corrected chi connectivity index (χ2v) is 2.88. The van der Waals surface area contributed by atoms with Crippen molar-refractivity contribution in [2.24, 2.45) is 0 Å². The molecule has 0 fully saturated rings. The maximum absolute atomic E-state index is 10.9. The molecular weight excluding hydrogens is 164 g/mol. The maximum Gasteiger partial charge on any atom is 0.161 e. The fraction of sp³-hybridized carbons (Fsp3) is 0.300. The van der Waals surface area contributed by atoms with Crippen molar-refractivity contribution in [3.63, 3.8) is 0 Å². The molecule has 0 radical (unpaired) electrons. The molecule has 13 heavy (non-hydrogen) atoms. The SMILES string of the molecule is CC(=O)c1ccc(C(C)C#N)nc1. The molecule has 3 heteroatoms. The summed E-state index contributed by atoms with van der Waals surface area (Å²) in [6.07, 6.45) is 1.51. The largest absolute Gasteiger partial charge is 0.294 e. The maximum atomic E-state index is 10.9. The van der Waals surface area contributed by atoms with E-state index >= 15 is 0 Å². The van der Waals surface area contributed by atoms with Crippen LogP contribution in [-0.2, 0) is 0 Å². The topological polar surface area (TPSA) is 53.8 Å². The van der Waals surface area contributed by atoms with Crippen LogP contribution in [0.5, 0.6) is 0 Å². The van der Waals surface area contributed by atoms with Gasteiger partial charge in [-0.3, -0.25) is 9.78 Å². The Bertz CT molecular complexity index is 348. The number of nitrogens with zero attached hydrogens (tertiary/aromatic N) is 2. The number of pyridine rings is 1. The highest BCUT2D eigenvalue weighted by atomic mass is 16.1. The van der Waals surface area contributed by atoms with Gasteiger partial charge in [-0.2, -0.15) is 5.26 Å². The highest BCUT2D eigenvalue weighted by Gasteiger charge is 2.05. The van der Waals surface area contributed by atoms with Gasteiger partial charge in [0.05, 0.1) is 17.7 Å². The van der Waals surface area contributed by atoms with Crippen molar-refractivity contribution in [1.29, 1.82) is 5.26 Å². The Hall–Kier alpha value is -1.69. The van der Waals surface area contributed by atoms with Crippen LogP contribution in [0.1, 0.15) is 35.8 Å². The smallest absolute Gasteiger partial charge is 0.161 e. The van der Waals surface area contributed by atoms with Crippen molar-refractivity contribution in [1.82, 2.24) is 4.98 Å². The minimum absolute atomic E-state index is 0.0105. The van der Waals surface area contributed by atoms with Crippen LogP contribution in [-0.4, -0.2) is 10.8 Å². The van der Waals surface area contributed by atoms with Gasteiger partial charge in [0.2, 0.25) is 0 Å². The van der Waals surface area contributed by atoms with Crippen molar-refractivity contribution in [2.45, 2.75) is 19.8 Å². The first-order valence-corrected chi connectivity index (χ1v) is 4.01. The van der Waals surface area contributed by atoms with Crippen LogP contribution < -0.4 is 0 Å². The zero-order valence-corrected chi connectivity index (χ0v) is 7.61. The van der Waals surface area contributed by atoms with Crippen LogP contribution >= 0.6 is 0 Å². The van der Waals surface area contributed by atoms with E-state index in [4.69, 9.17) is 5.26 Å². The van der Waals surface area contributed by atoms with E-state index < -0.39 is 0 Å². The van der Waals surface area contributed by atoms with Gasteiger partial charge in [0, 0.05) is 11.8 Å². The van der Waals surface area contributed by atoms with E-state index in [1.807, 2.05) is 0 Å². The molecule has 1 unspecified atom stereocenters. The second kappa shape index (κ2) is 3.81. The van der Waals surface area contributed by atoms with Gasteiger partial charge in [-0.05, 0) is 26.0 Å². The normalized spacial score (nSPS) is 11.8. The summed E-state index contributed by atoms with van der Waals surface area (Å²) in [5.41, 5.74) is 1.28. The molecule has 0 spiro atoms. The zero-order valence-electron chi connectivity index (χ0n) is 7.61. The van der Waals surface area contributed by atoms with E-state index in [1.54, 1.807) is 19.1 Å². The Balaban J connectivity index is 2.95. The molecule has 1 heterocycles. The average Bonchev–Trinajstić information content (AvgIpc) is 2.17. The van der Waals surface area contributed by atoms with Crippen LogP contribution in [0.15, 0.2) is 18.3 Å². The standard InChI is InChI=1S/C10H10N2O/c1-7(5-11)10-4-3-9(6-12-10)8(2)13/h3-4,6-7H,1-2H3. The monoisotopic (exact) mass is 174 g/mol. The lowest BCUT2D eigenvalue weighted by Crippen LogP contribution is -1.97. The van der Waals surface area contributed by atoms with E-state index in [-0.39, 0.29) is 11.7 Å². The summed E-state index contributed by atoms with van der Waals surface area (Å²) in [5.74, 6) is -0.232. The van der Waals surface area contributed by atoms with Crippen LogP contribution in [0.3, 0.4) is 0 Å². The number of carbonyl (C=O) groups excluding carboxylic acids is 1. The van der Waals surface area contributed by atoms with Crippen molar-refractivity contribution in [2.75, 3.05) is 0 Å². The quantitative estimate of drug-likeness (QED) is 0.643. The van der Waals surface area contributed by atoms with Gasteiger partial charge >= 0.3 is 0 Å². The number of hydrogen-bond acceptors (Lipinski definition) is 3. The molecular formula is C10H10N2O. The molecule has 0 aliphatic heterocycles. The summed E-state index contributed by atoms with van der Waals surface area (Å²) in [4.78, 5) is 14.9. The lowest BCUT2D eigenvalue weighted by atomic mass is 10.1. The van der Waals surface area contributed by atoms with E-state index in [0.717, 1.165) is 0 Å². The van der Waals surface area contributed by atoms with Gasteiger partial charge in [0.15, 0.2) is 5.78 Å². The predicted molar refractivity (Wildman–Crippen MR) is 48.3 cm³/mol. The van der Waals surface area contributed by atoms with Gasteiger partial charge in [0.25, 0.3) is 0 Å². The van der Waals surface area contributed by atoms with Crippen LogP contribution in [0.25, 0.3) is 0 Å². The lowest BCUT2D eigenvalue weighted by Gasteiger charge is -2.01. The summed E-state index contributed by atoms with van der Waals surface area (Å²) in [6.45, 7) is 3.26. The number of ketones is 1. The number of carbonyl (C=O) groups is 1. The Kier molecular flexibility index (Phi) is 2.76. The van der Waals surface area contributed by atoms with Gasteiger partial charge in [0.1, 0.15) is 0 Å². The first-order valence-electron chi connectivity index (χ1n) is 4.01. The summed E-state index contributed by atoms with van der Waals surface area (Å²) >= 11 is 0. The lowest BCUT2D eigenvalue weighted by molar-refractivity contribution is 0.101. The number of aromatic nitrogens is 1. The molecule has 0 aromatic carbocycles. The summed E-state index contributed by atoms with van der Waals surface area (Å²) in [5, 5.41) is 8.61. The Labute approximate surface area is 77.0 Å². The van der Waals surface area contributed by atoms with E-state index in [2.05, 4.69) is 11.1 Å². The summed E-state index contributed by atoms with van der Waals surface area (Å²) < 4.78 is 0. The molecule has 1 rings (SSSR count). The molecule has 1 aromatic rings. The third-order valence-electron chi connectivity index (χ3n) is 1.83. The van der Waals surface area contributed by atoms with Crippen LogP contribution in [0.2, 0.25) is 0 Å². The molecule has 0 saturated carbocycles. The highest BCUT2D eigenvalue weighted by molar-refractivity contribution is 5.93. The first-order chi connectivity index (χ1) is 6.15. The van der Waals surface area contributed by atoms with Crippen molar-refractivity contribution < 1.29 is 4.79 Å². The van der Waals surface area contributed by atoms with Gasteiger partial charge in [-0.25, -0.2) is 0 Å². The third-order valence-corrected chi connectivity index (χ3v) is 1.83. The average molecular weight is 174 g/mol. The molecule has 0 bridgehead atoms. The van der Waals surface area contributed by atoms with Gasteiger partial charge < -0.3 is 0 Å². The number of hydrogen-bond donors (Lipinski definition) is 0. The van der Waals surface area contributed by atoms with E-state index in [9.17, 15) is 4.79 Å². The zero-order chi connectivity index (χ0) is 9.84. The Morgan fingerprint density at radius 1 is 1.62 bits per heavy atom. The molecule has 66 valence electrons. The van der Waals surface area contributed by atoms with Crippen molar-refractivity contribution in [3.05, 3.63) is 29.6 Å². The number of Topliss-reactive ketones (excluding diaryl/α,β-unsaturated/α-hetero) is 1. The second-order valence-electron chi connectivity index (χ2n) is 2.88. The van der Waals surface area contributed by atoms with Crippen molar-refractivity contribution in [3.8, 4) is 6.07 Å².